The molecule has 1 saturated heterocycles. The third kappa shape index (κ3) is 3.48. The molecule has 1 aliphatic rings. The van der Waals surface area contributed by atoms with Gasteiger partial charge < -0.3 is 5.73 Å². The van der Waals surface area contributed by atoms with Gasteiger partial charge in [0.15, 0.2) is 0 Å². The van der Waals surface area contributed by atoms with Gasteiger partial charge in [-0.2, -0.15) is 4.31 Å². The van der Waals surface area contributed by atoms with E-state index in [0.717, 1.165) is 18.7 Å². The summed E-state index contributed by atoms with van der Waals surface area (Å²) >= 11 is 3.36. The summed E-state index contributed by atoms with van der Waals surface area (Å²) < 4.78 is 27.7. The lowest BCUT2D eigenvalue weighted by atomic mass is 10.2. The fourth-order valence-electron chi connectivity index (χ4n) is 2.67. The first-order valence-corrected chi connectivity index (χ1v) is 9.36. The Morgan fingerprint density at radius 3 is 2.62 bits per heavy atom. The molecular weight excluding hydrogens is 354 g/mol. The number of sulfonamides is 1. The number of hydrogen-bond acceptors (Lipinski definition) is 4. The maximum absolute atomic E-state index is 12.8. The zero-order chi connectivity index (χ0) is 15.6. The molecule has 0 spiro atoms. The summed E-state index contributed by atoms with van der Waals surface area (Å²) in [6, 6.07) is 5.42. The van der Waals surface area contributed by atoms with Gasteiger partial charge in [0.25, 0.3) is 0 Å². The lowest BCUT2D eigenvalue weighted by molar-refractivity contribution is 0.135. The highest BCUT2D eigenvalue weighted by atomic mass is 79.9. The maximum Gasteiger partial charge on any atom is 0.244 e. The first kappa shape index (κ1) is 16.9. The zero-order valence-corrected chi connectivity index (χ0v) is 14.8. The smallest absolute Gasteiger partial charge is 0.244 e. The van der Waals surface area contributed by atoms with Crippen molar-refractivity contribution in [2.45, 2.75) is 31.3 Å². The average Bonchev–Trinajstić information content (AvgIpc) is 2.46. The van der Waals surface area contributed by atoms with Gasteiger partial charge >= 0.3 is 0 Å². The molecule has 1 aromatic rings. The van der Waals surface area contributed by atoms with E-state index in [-0.39, 0.29) is 6.04 Å². The average molecular weight is 376 g/mol. The van der Waals surface area contributed by atoms with Gasteiger partial charge in [0.1, 0.15) is 0 Å². The molecule has 118 valence electrons. The Morgan fingerprint density at radius 1 is 1.38 bits per heavy atom. The molecule has 7 heteroatoms. The standard InChI is InChI=1S/C14H22BrN3O2S/c1-3-17-6-7-18(10-11(17)2)21(19,20)14-5-4-12(9-16)8-13(14)15/h4-5,8,11H,3,6-7,9-10,16H2,1-2H3. The molecule has 1 atom stereocenters. The molecule has 0 aromatic heterocycles. The SMILES string of the molecule is CCN1CCN(S(=O)(=O)c2ccc(CN)cc2Br)CC1C. The van der Waals surface area contributed by atoms with Crippen molar-refractivity contribution >= 4 is 26.0 Å². The van der Waals surface area contributed by atoms with Gasteiger partial charge in [-0.25, -0.2) is 8.42 Å². The van der Waals surface area contributed by atoms with Crippen LogP contribution in [0.25, 0.3) is 0 Å². The van der Waals surface area contributed by atoms with Gasteiger partial charge in [-0.05, 0) is 47.1 Å². The van der Waals surface area contributed by atoms with Crippen molar-refractivity contribution in [1.29, 1.82) is 0 Å². The van der Waals surface area contributed by atoms with Crippen LogP contribution in [0.2, 0.25) is 0 Å². The highest BCUT2D eigenvalue weighted by molar-refractivity contribution is 9.10. The van der Waals surface area contributed by atoms with Gasteiger partial charge in [-0.1, -0.05) is 13.0 Å². The molecule has 21 heavy (non-hydrogen) atoms. The van der Waals surface area contributed by atoms with Gasteiger partial charge in [0.05, 0.1) is 4.90 Å². The van der Waals surface area contributed by atoms with Crippen molar-refractivity contribution in [2.24, 2.45) is 5.73 Å². The molecule has 1 heterocycles. The molecule has 0 amide bonds. The van der Waals surface area contributed by atoms with E-state index >= 15 is 0 Å². The normalized spacial score (nSPS) is 21.6. The van der Waals surface area contributed by atoms with E-state index in [4.69, 9.17) is 5.73 Å². The third-order valence-electron chi connectivity index (χ3n) is 3.98. The predicted molar refractivity (Wildman–Crippen MR) is 87.5 cm³/mol. The highest BCUT2D eigenvalue weighted by Gasteiger charge is 2.32. The van der Waals surface area contributed by atoms with E-state index < -0.39 is 10.0 Å². The Kier molecular flexibility index (Phi) is 5.43. The minimum atomic E-state index is -3.46. The fraction of sp³-hybridized carbons (Fsp3) is 0.571. The first-order valence-electron chi connectivity index (χ1n) is 7.12. The minimum Gasteiger partial charge on any atom is -0.326 e. The van der Waals surface area contributed by atoms with E-state index in [1.165, 1.54) is 0 Å². The number of nitrogens with two attached hydrogens (primary N) is 1. The Morgan fingerprint density at radius 2 is 2.10 bits per heavy atom. The number of halogens is 1. The van der Waals surface area contributed by atoms with E-state index in [9.17, 15) is 8.42 Å². The van der Waals surface area contributed by atoms with Crippen molar-refractivity contribution < 1.29 is 8.42 Å². The summed E-state index contributed by atoms with van der Waals surface area (Å²) in [6.45, 7) is 7.35. The molecule has 2 rings (SSSR count). The number of rotatable bonds is 4. The number of benzene rings is 1. The van der Waals surface area contributed by atoms with Crippen LogP contribution in [0.1, 0.15) is 19.4 Å². The molecule has 1 unspecified atom stereocenters. The molecule has 0 radical (unpaired) electrons. The summed E-state index contributed by atoms with van der Waals surface area (Å²) in [5.74, 6) is 0. The van der Waals surface area contributed by atoms with Crippen LogP contribution in [0, 0.1) is 0 Å². The molecule has 1 fully saturated rings. The maximum atomic E-state index is 12.8. The second-order valence-electron chi connectivity index (χ2n) is 5.31. The van der Waals surface area contributed by atoms with Gasteiger partial charge in [-0.3, -0.25) is 4.90 Å². The summed E-state index contributed by atoms with van der Waals surface area (Å²) in [5.41, 5.74) is 6.49. The molecule has 0 saturated carbocycles. The van der Waals surface area contributed by atoms with Crippen molar-refractivity contribution in [3.8, 4) is 0 Å². The number of piperazine rings is 1. The zero-order valence-electron chi connectivity index (χ0n) is 12.4. The Balaban J connectivity index is 2.27. The molecule has 5 nitrogen and oxygen atoms in total. The predicted octanol–water partition coefficient (Wildman–Crippen LogP) is 1.62. The molecule has 1 aromatic carbocycles. The van der Waals surface area contributed by atoms with Crippen molar-refractivity contribution in [2.75, 3.05) is 26.2 Å². The van der Waals surface area contributed by atoms with Crippen molar-refractivity contribution in [3.63, 3.8) is 0 Å². The Labute approximate surface area is 135 Å². The topological polar surface area (TPSA) is 66.6 Å². The molecular formula is C14H22BrN3O2S. The number of hydrogen-bond donors (Lipinski definition) is 1. The van der Waals surface area contributed by atoms with E-state index in [1.54, 1.807) is 22.5 Å². The summed E-state index contributed by atoms with van der Waals surface area (Å²) in [7, 11) is -3.46. The quantitative estimate of drug-likeness (QED) is 0.867. The Bertz CT molecular complexity index is 606. The second-order valence-corrected chi connectivity index (χ2v) is 8.07. The summed E-state index contributed by atoms with van der Waals surface area (Å²) in [4.78, 5) is 2.61. The largest absolute Gasteiger partial charge is 0.326 e. The van der Waals surface area contributed by atoms with E-state index in [2.05, 4.69) is 34.7 Å². The molecule has 0 aliphatic carbocycles. The van der Waals surface area contributed by atoms with Crippen LogP contribution in [0.15, 0.2) is 27.6 Å². The Hall–Kier alpha value is -0.470. The van der Waals surface area contributed by atoms with Crippen LogP contribution in [0.5, 0.6) is 0 Å². The molecule has 2 N–H and O–H groups in total. The summed E-state index contributed by atoms with van der Waals surface area (Å²) in [6.07, 6.45) is 0. The number of likely N-dealkylation sites (N-methyl/N-ethyl adjacent to an activating group) is 1. The van der Waals surface area contributed by atoms with Crippen LogP contribution in [-0.2, 0) is 16.6 Å². The van der Waals surface area contributed by atoms with Crippen LogP contribution in [-0.4, -0.2) is 49.8 Å². The lowest BCUT2D eigenvalue weighted by Crippen LogP contribution is -2.53. The molecule has 1 aliphatic heterocycles. The van der Waals surface area contributed by atoms with Gasteiger partial charge in [0.2, 0.25) is 10.0 Å². The second kappa shape index (κ2) is 6.75. The minimum absolute atomic E-state index is 0.237. The van der Waals surface area contributed by atoms with Crippen LogP contribution >= 0.6 is 15.9 Å². The van der Waals surface area contributed by atoms with E-state index in [1.807, 2.05) is 0 Å². The number of nitrogens with zero attached hydrogens (tertiary/aromatic N) is 2. The van der Waals surface area contributed by atoms with E-state index in [0.29, 0.717) is 29.0 Å². The van der Waals surface area contributed by atoms with Crippen molar-refractivity contribution in [1.82, 2.24) is 9.21 Å². The van der Waals surface area contributed by atoms with Crippen LogP contribution in [0.4, 0.5) is 0 Å². The lowest BCUT2D eigenvalue weighted by Gasteiger charge is -2.38. The third-order valence-corrected chi connectivity index (χ3v) is 6.83. The molecule has 0 bridgehead atoms. The van der Waals surface area contributed by atoms with Crippen molar-refractivity contribution in [3.05, 3.63) is 28.2 Å². The monoisotopic (exact) mass is 375 g/mol. The fourth-order valence-corrected chi connectivity index (χ4v) is 5.27. The van der Waals surface area contributed by atoms with Crippen LogP contribution < -0.4 is 5.73 Å². The van der Waals surface area contributed by atoms with Crippen LogP contribution in [0.3, 0.4) is 0 Å². The highest BCUT2D eigenvalue weighted by Crippen LogP contribution is 2.27. The van der Waals surface area contributed by atoms with Gasteiger partial charge in [-0.15, -0.1) is 0 Å². The summed E-state index contributed by atoms with van der Waals surface area (Å²) in [5, 5.41) is 0. The first-order chi connectivity index (χ1) is 9.90. The van der Waals surface area contributed by atoms with Gasteiger partial charge in [0, 0.05) is 36.7 Å².